The molecule has 1 unspecified atom stereocenters. The summed E-state index contributed by atoms with van der Waals surface area (Å²) in [6.07, 6.45) is 4.82. The molecule has 11 heavy (non-hydrogen) atoms. The summed E-state index contributed by atoms with van der Waals surface area (Å²) in [6.45, 7) is 6.15. The van der Waals surface area contributed by atoms with Crippen LogP contribution in [-0.2, 0) is 4.74 Å². The zero-order valence-corrected chi connectivity index (χ0v) is 7.42. The lowest BCUT2D eigenvalue weighted by molar-refractivity contribution is -0.0938. The molecule has 0 rings (SSSR count). The van der Waals surface area contributed by atoms with Gasteiger partial charge in [-0.05, 0) is 20.8 Å². The van der Waals surface area contributed by atoms with Crippen molar-refractivity contribution in [3.05, 3.63) is 0 Å². The molecule has 0 saturated heterocycles. The number of aliphatic hydroxyl groups is 1. The van der Waals surface area contributed by atoms with Crippen molar-refractivity contribution in [2.45, 2.75) is 38.9 Å². The summed E-state index contributed by atoms with van der Waals surface area (Å²) in [6, 6.07) is 0. The van der Waals surface area contributed by atoms with Crippen molar-refractivity contribution in [3.63, 3.8) is 0 Å². The molecule has 2 nitrogen and oxygen atoms in total. The SMILES string of the molecule is C#CCC(O)C(C)(C)OCC. The van der Waals surface area contributed by atoms with Gasteiger partial charge in [0.1, 0.15) is 0 Å². The third kappa shape index (κ3) is 3.41. The Kier molecular flexibility index (Phi) is 4.17. The van der Waals surface area contributed by atoms with Gasteiger partial charge in [0, 0.05) is 13.0 Å². The lowest BCUT2D eigenvalue weighted by Crippen LogP contribution is -2.38. The van der Waals surface area contributed by atoms with E-state index in [1.165, 1.54) is 0 Å². The van der Waals surface area contributed by atoms with Crippen LogP contribution in [0, 0.1) is 12.3 Å². The summed E-state index contributed by atoms with van der Waals surface area (Å²) in [4.78, 5) is 0. The maximum Gasteiger partial charge on any atom is 0.0933 e. The second kappa shape index (κ2) is 4.38. The normalized spacial score (nSPS) is 14.1. The number of rotatable bonds is 4. The lowest BCUT2D eigenvalue weighted by atomic mass is 9.99. The van der Waals surface area contributed by atoms with E-state index < -0.39 is 11.7 Å². The molecule has 0 aliphatic rings. The van der Waals surface area contributed by atoms with Gasteiger partial charge in [-0.3, -0.25) is 0 Å². The van der Waals surface area contributed by atoms with Crippen LogP contribution in [0.4, 0.5) is 0 Å². The van der Waals surface area contributed by atoms with Crippen LogP contribution in [0.2, 0.25) is 0 Å². The molecule has 0 saturated carbocycles. The Morgan fingerprint density at radius 1 is 1.64 bits per heavy atom. The Bertz CT molecular complexity index is 144. The molecular weight excluding hydrogens is 140 g/mol. The van der Waals surface area contributed by atoms with E-state index in [4.69, 9.17) is 11.2 Å². The number of ether oxygens (including phenoxy) is 1. The monoisotopic (exact) mass is 156 g/mol. The van der Waals surface area contributed by atoms with Crippen LogP contribution in [0.3, 0.4) is 0 Å². The summed E-state index contributed by atoms with van der Waals surface area (Å²) in [7, 11) is 0. The van der Waals surface area contributed by atoms with Gasteiger partial charge >= 0.3 is 0 Å². The van der Waals surface area contributed by atoms with E-state index in [0.29, 0.717) is 13.0 Å². The van der Waals surface area contributed by atoms with Crippen molar-refractivity contribution < 1.29 is 9.84 Å². The quantitative estimate of drug-likeness (QED) is 0.619. The van der Waals surface area contributed by atoms with Crippen LogP contribution in [0.25, 0.3) is 0 Å². The first-order chi connectivity index (χ1) is 5.04. The minimum absolute atomic E-state index is 0.340. The Hall–Kier alpha value is -0.520. The molecular formula is C9H16O2. The molecule has 0 aromatic carbocycles. The molecule has 64 valence electrons. The van der Waals surface area contributed by atoms with Crippen molar-refractivity contribution in [2.75, 3.05) is 6.61 Å². The van der Waals surface area contributed by atoms with Gasteiger partial charge in [-0.25, -0.2) is 0 Å². The molecule has 0 amide bonds. The molecule has 0 aromatic rings. The van der Waals surface area contributed by atoms with Gasteiger partial charge in [0.2, 0.25) is 0 Å². The number of hydrogen-bond donors (Lipinski definition) is 1. The van der Waals surface area contributed by atoms with Crippen LogP contribution in [-0.4, -0.2) is 23.4 Å². The van der Waals surface area contributed by atoms with Crippen LogP contribution >= 0.6 is 0 Å². The molecule has 2 heteroatoms. The fourth-order valence-corrected chi connectivity index (χ4v) is 0.826. The molecule has 0 radical (unpaired) electrons. The largest absolute Gasteiger partial charge is 0.389 e. The molecule has 1 atom stereocenters. The minimum Gasteiger partial charge on any atom is -0.389 e. The first kappa shape index (κ1) is 10.5. The smallest absolute Gasteiger partial charge is 0.0933 e. The zero-order valence-electron chi connectivity index (χ0n) is 7.42. The average molecular weight is 156 g/mol. The van der Waals surface area contributed by atoms with E-state index in [9.17, 15) is 5.11 Å². The van der Waals surface area contributed by atoms with E-state index in [1.54, 1.807) is 0 Å². The molecule has 1 N–H and O–H groups in total. The molecule has 0 aliphatic heterocycles. The summed E-state index contributed by atoms with van der Waals surface area (Å²) >= 11 is 0. The third-order valence-electron chi connectivity index (χ3n) is 1.63. The number of terminal acetylenes is 1. The van der Waals surface area contributed by atoms with Gasteiger partial charge in [0.15, 0.2) is 0 Å². The fraction of sp³-hybridized carbons (Fsp3) is 0.778. The first-order valence-electron chi connectivity index (χ1n) is 3.80. The number of hydrogen-bond acceptors (Lipinski definition) is 2. The summed E-state index contributed by atoms with van der Waals surface area (Å²) in [5, 5.41) is 9.44. The Balaban J connectivity index is 3.96. The van der Waals surface area contributed by atoms with E-state index in [0.717, 1.165) is 0 Å². The van der Waals surface area contributed by atoms with Crippen LogP contribution < -0.4 is 0 Å². The van der Waals surface area contributed by atoms with Gasteiger partial charge in [0.25, 0.3) is 0 Å². The second-order valence-electron chi connectivity index (χ2n) is 2.96. The van der Waals surface area contributed by atoms with E-state index in [1.807, 2.05) is 20.8 Å². The first-order valence-corrected chi connectivity index (χ1v) is 3.80. The predicted molar refractivity (Wildman–Crippen MR) is 45.2 cm³/mol. The molecule has 0 heterocycles. The molecule has 0 spiro atoms. The maximum atomic E-state index is 9.44. The predicted octanol–water partition coefficient (Wildman–Crippen LogP) is 1.19. The highest BCUT2D eigenvalue weighted by Gasteiger charge is 2.26. The topological polar surface area (TPSA) is 29.5 Å². The van der Waals surface area contributed by atoms with Gasteiger partial charge in [-0.2, -0.15) is 0 Å². The Labute approximate surface area is 68.6 Å². The summed E-state index contributed by atoms with van der Waals surface area (Å²) in [5.41, 5.74) is -0.527. The third-order valence-corrected chi connectivity index (χ3v) is 1.63. The van der Waals surface area contributed by atoms with Gasteiger partial charge in [-0.1, -0.05) is 0 Å². The van der Waals surface area contributed by atoms with E-state index in [2.05, 4.69) is 5.92 Å². The standard InChI is InChI=1S/C9H16O2/c1-5-7-8(10)9(3,4)11-6-2/h1,8,10H,6-7H2,2-4H3. The summed E-state index contributed by atoms with van der Waals surface area (Å²) in [5.74, 6) is 2.40. The van der Waals surface area contributed by atoms with Crippen molar-refractivity contribution >= 4 is 0 Å². The number of aliphatic hydroxyl groups excluding tert-OH is 1. The lowest BCUT2D eigenvalue weighted by Gasteiger charge is -2.29. The van der Waals surface area contributed by atoms with Crippen LogP contribution in [0.15, 0.2) is 0 Å². The van der Waals surface area contributed by atoms with Crippen molar-refractivity contribution in [1.82, 2.24) is 0 Å². The average Bonchev–Trinajstić information content (AvgIpc) is 1.88. The van der Waals surface area contributed by atoms with E-state index in [-0.39, 0.29) is 0 Å². The second-order valence-corrected chi connectivity index (χ2v) is 2.96. The Morgan fingerprint density at radius 3 is 2.55 bits per heavy atom. The Morgan fingerprint density at radius 2 is 2.18 bits per heavy atom. The minimum atomic E-state index is -0.576. The molecule has 0 bridgehead atoms. The van der Waals surface area contributed by atoms with E-state index >= 15 is 0 Å². The molecule has 0 aromatic heterocycles. The van der Waals surface area contributed by atoms with Gasteiger partial charge < -0.3 is 9.84 Å². The van der Waals surface area contributed by atoms with Crippen LogP contribution in [0.5, 0.6) is 0 Å². The fourth-order valence-electron chi connectivity index (χ4n) is 0.826. The highest BCUT2D eigenvalue weighted by Crippen LogP contribution is 2.16. The van der Waals surface area contributed by atoms with Crippen molar-refractivity contribution in [3.8, 4) is 12.3 Å². The highest BCUT2D eigenvalue weighted by molar-refractivity contribution is 4.92. The maximum absolute atomic E-state index is 9.44. The van der Waals surface area contributed by atoms with Crippen LogP contribution in [0.1, 0.15) is 27.2 Å². The summed E-state index contributed by atoms with van der Waals surface area (Å²) < 4.78 is 5.30. The molecule has 0 aliphatic carbocycles. The van der Waals surface area contributed by atoms with Crippen molar-refractivity contribution in [1.29, 1.82) is 0 Å². The van der Waals surface area contributed by atoms with Gasteiger partial charge in [0.05, 0.1) is 11.7 Å². The zero-order chi connectivity index (χ0) is 8.91. The molecule has 0 fully saturated rings. The van der Waals surface area contributed by atoms with Gasteiger partial charge in [-0.15, -0.1) is 12.3 Å². The highest BCUT2D eigenvalue weighted by atomic mass is 16.5. The van der Waals surface area contributed by atoms with Crippen molar-refractivity contribution in [2.24, 2.45) is 0 Å².